The predicted octanol–water partition coefficient (Wildman–Crippen LogP) is 1.27. The highest BCUT2D eigenvalue weighted by Gasteiger charge is 1.88. The van der Waals surface area contributed by atoms with Gasteiger partial charge in [-0.3, -0.25) is 0 Å². The summed E-state index contributed by atoms with van der Waals surface area (Å²) in [7, 11) is 0. The Morgan fingerprint density at radius 1 is 1.88 bits per heavy atom. The topological polar surface area (TPSA) is 25.8 Å². The number of hydrogen-bond acceptors (Lipinski definition) is 3. The maximum absolute atomic E-state index is 3.80. The van der Waals surface area contributed by atoms with Crippen LogP contribution >= 0.6 is 11.3 Å². The lowest BCUT2D eigenvalue weighted by atomic mass is 10.5. The third-order valence-corrected chi connectivity index (χ3v) is 1.44. The van der Waals surface area contributed by atoms with E-state index in [0.29, 0.717) is 0 Å². The van der Waals surface area contributed by atoms with Crippen molar-refractivity contribution < 1.29 is 0 Å². The van der Waals surface area contributed by atoms with Crippen LogP contribution in [0.5, 0.6) is 0 Å². The Balaban J connectivity index is 2.62. The van der Waals surface area contributed by atoms with E-state index < -0.39 is 0 Å². The van der Waals surface area contributed by atoms with Crippen molar-refractivity contribution in [2.75, 3.05) is 0 Å². The van der Waals surface area contributed by atoms with Gasteiger partial charge in [0, 0.05) is 6.42 Å². The van der Waals surface area contributed by atoms with Crippen molar-refractivity contribution in [2.24, 2.45) is 0 Å². The van der Waals surface area contributed by atoms with Crippen molar-refractivity contribution in [3.05, 3.63) is 23.2 Å². The van der Waals surface area contributed by atoms with Crippen LogP contribution in [-0.2, 0) is 6.42 Å². The minimum absolute atomic E-state index is 0.838. The maximum Gasteiger partial charge on any atom is 0.120 e. The van der Waals surface area contributed by atoms with E-state index in [2.05, 4.69) is 16.8 Å². The third-order valence-electron chi connectivity index (χ3n) is 0.724. The Kier molecular flexibility index (Phi) is 1.75. The second-order valence-electron chi connectivity index (χ2n) is 1.33. The molecule has 0 fully saturated rings. The van der Waals surface area contributed by atoms with Gasteiger partial charge in [0.05, 0.1) is 0 Å². The van der Waals surface area contributed by atoms with Gasteiger partial charge in [-0.15, -0.1) is 28.1 Å². The fourth-order valence-electron chi connectivity index (χ4n) is 0.408. The van der Waals surface area contributed by atoms with Crippen LogP contribution in [0.15, 0.2) is 18.2 Å². The van der Waals surface area contributed by atoms with E-state index in [4.69, 9.17) is 0 Å². The van der Waals surface area contributed by atoms with Gasteiger partial charge in [-0.1, -0.05) is 6.08 Å². The van der Waals surface area contributed by atoms with Crippen molar-refractivity contribution in [3.63, 3.8) is 0 Å². The quantitative estimate of drug-likeness (QED) is 0.557. The molecular formula is C5H6N2S. The van der Waals surface area contributed by atoms with E-state index >= 15 is 0 Å². The van der Waals surface area contributed by atoms with Crippen LogP contribution < -0.4 is 0 Å². The van der Waals surface area contributed by atoms with Gasteiger partial charge in [0.25, 0.3) is 0 Å². The summed E-state index contributed by atoms with van der Waals surface area (Å²) in [4.78, 5) is 0. The lowest BCUT2D eigenvalue weighted by molar-refractivity contribution is 1.02. The van der Waals surface area contributed by atoms with Gasteiger partial charge in [-0.2, -0.15) is 0 Å². The summed E-state index contributed by atoms with van der Waals surface area (Å²) in [5.74, 6) is 0. The number of hydrogen-bond donors (Lipinski definition) is 0. The molecule has 1 heterocycles. The smallest absolute Gasteiger partial charge is 0.120 e. The van der Waals surface area contributed by atoms with Crippen LogP contribution in [0.3, 0.4) is 0 Å². The van der Waals surface area contributed by atoms with Crippen molar-refractivity contribution in [1.29, 1.82) is 0 Å². The highest BCUT2D eigenvalue weighted by Crippen LogP contribution is 2.00. The third kappa shape index (κ3) is 1.13. The van der Waals surface area contributed by atoms with Crippen molar-refractivity contribution in [3.8, 4) is 0 Å². The molecule has 0 saturated heterocycles. The molecule has 2 nitrogen and oxygen atoms in total. The molecule has 1 aromatic heterocycles. The molecule has 0 saturated carbocycles. The van der Waals surface area contributed by atoms with E-state index in [9.17, 15) is 0 Å². The number of aromatic nitrogens is 2. The molecule has 1 aromatic rings. The lowest BCUT2D eigenvalue weighted by Crippen LogP contribution is -1.76. The van der Waals surface area contributed by atoms with Gasteiger partial charge in [-0.25, -0.2) is 0 Å². The van der Waals surface area contributed by atoms with Gasteiger partial charge in [0.1, 0.15) is 10.5 Å². The van der Waals surface area contributed by atoms with Crippen LogP contribution in [0.1, 0.15) is 5.01 Å². The Labute approximate surface area is 51.9 Å². The molecule has 0 radical (unpaired) electrons. The molecule has 0 aliphatic rings. The van der Waals surface area contributed by atoms with E-state index in [0.717, 1.165) is 11.4 Å². The average molecular weight is 126 g/mol. The largest absolute Gasteiger partial charge is 0.147 e. The van der Waals surface area contributed by atoms with Crippen molar-refractivity contribution in [2.45, 2.75) is 6.42 Å². The van der Waals surface area contributed by atoms with Gasteiger partial charge in [-0.05, 0) is 0 Å². The molecular weight excluding hydrogens is 120 g/mol. The van der Waals surface area contributed by atoms with E-state index in [1.807, 2.05) is 6.08 Å². The molecule has 0 aromatic carbocycles. The molecule has 0 aliphatic heterocycles. The second-order valence-corrected chi connectivity index (χ2v) is 2.24. The van der Waals surface area contributed by atoms with Gasteiger partial charge < -0.3 is 0 Å². The first-order chi connectivity index (χ1) is 3.93. The van der Waals surface area contributed by atoms with Crippen LogP contribution in [0.2, 0.25) is 0 Å². The predicted molar refractivity (Wildman–Crippen MR) is 33.8 cm³/mol. The zero-order valence-corrected chi connectivity index (χ0v) is 5.19. The van der Waals surface area contributed by atoms with Crippen LogP contribution in [0.25, 0.3) is 0 Å². The monoisotopic (exact) mass is 126 g/mol. The van der Waals surface area contributed by atoms with Crippen molar-refractivity contribution >= 4 is 11.3 Å². The summed E-state index contributed by atoms with van der Waals surface area (Å²) in [5, 5.41) is 8.49. The molecule has 0 unspecified atom stereocenters. The Morgan fingerprint density at radius 3 is 3.25 bits per heavy atom. The van der Waals surface area contributed by atoms with Gasteiger partial charge >= 0.3 is 0 Å². The zero-order chi connectivity index (χ0) is 5.82. The summed E-state index contributed by atoms with van der Waals surface area (Å²) >= 11 is 1.55. The first kappa shape index (κ1) is 5.44. The maximum atomic E-state index is 3.80. The molecule has 1 rings (SSSR count). The number of rotatable bonds is 2. The fourth-order valence-corrected chi connectivity index (χ4v) is 0.933. The molecule has 0 bridgehead atoms. The normalized spacial score (nSPS) is 9.00. The molecule has 0 spiro atoms. The molecule has 0 amide bonds. The first-order valence-electron chi connectivity index (χ1n) is 2.29. The first-order valence-corrected chi connectivity index (χ1v) is 3.17. The molecule has 3 heteroatoms. The minimum Gasteiger partial charge on any atom is -0.147 e. The Hall–Kier alpha value is -0.700. The number of allylic oxidation sites excluding steroid dienone is 1. The summed E-state index contributed by atoms with van der Waals surface area (Å²) in [6.07, 6.45) is 2.66. The Bertz CT molecular complexity index is 157. The minimum atomic E-state index is 0.838. The molecule has 0 atom stereocenters. The molecule has 42 valence electrons. The SMILES string of the molecule is C=CCc1nncs1. The Morgan fingerprint density at radius 2 is 2.75 bits per heavy atom. The van der Waals surface area contributed by atoms with E-state index in [1.54, 1.807) is 16.8 Å². The van der Waals surface area contributed by atoms with Gasteiger partial charge in [0.2, 0.25) is 0 Å². The van der Waals surface area contributed by atoms with Crippen molar-refractivity contribution in [1.82, 2.24) is 10.2 Å². The zero-order valence-electron chi connectivity index (χ0n) is 4.37. The number of nitrogens with zero attached hydrogens (tertiary/aromatic N) is 2. The van der Waals surface area contributed by atoms with Crippen LogP contribution in [0, 0.1) is 0 Å². The van der Waals surface area contributed by atoms with E-state index in [1.165, 1.54) is 0 Å². The molecule has 0 aliphatic carbocycles. The average Bonchev–Trinajstić information content (AvgIpc) is 2.19. The van der Waals surface area contributed by atoms with Crippen LogP contribution in [-0.4, -0.2) is 10.2 Å². The van der Waals surface area contributed by atoms with E-state index in [-0.39, 0.29) is 0 Å². The summed E-state index contributed by atoms with van der Waals surface area (Å²) in [5.41, 5.74) is 1.72. The standard InChI is InChI=1S/C5H6N2S/c1-2-3-5-7-6-4-8-5/h2,4H,1,3H2. The second kappa shape index (κ2) is 2.57. The summed E-state index contributed by atoms with van der Waals surface area (Å²) < 4.78 is 0. The highest BCUT2D eigenvalue weighted by molar-refractivity contribution is 7.09. The van der Waals surface area contributed by atoms with Gasteiger partial charge in [0.15, 0.2) is 0 Å². The lowest BCUT2D eigenvalue weighted by Gasteiger charge is -1.77. The summed E-state index contributed by atoms with van der Waals surface area (Å²) in [6, 6.07) is 0. The molecule has 0 N–H and O–H groups in total. The molecule has 8 heavy (non-hydrogen) atoms. The fraction of sp³-hybridized carbons (Fsp3) is 0.200. The summed E-state index contributed by atoms with van der Waals surface area (Å²) in [6.45, 7) is 3.57. The highest BCUT2D eigenvalue weighted by atomic mass is 32.1. The van der Waals surface area contributed by atoms with Crippen LogP contribution in [0.4, 0.5) is 0 Å².